The van der Waals surface area contributed by atoms with Gasteiger partial charge in [0.1, 0.15) is 0 Å². The minimum absolute atomic E-state index is 0. The molecule has 2 N–H and O–H groups in total. The van der Waals surface area contributed by atoms with Gasteiger partial charge in [0.05, 0.1) is 12.1 Å². The summed E-state index contributed by atoms with van der Waals surface area (Å²) in [7, 11) is 5.75. The third-order valence-corrected chi connectivity index (χ3v) is 3.64. The molecule has 0 fully saturated rings. The molecule has 2 aromatic heterocycles. The number of halogens is 1. The third kappa shape index (κ3) is 6.37. The highest BCUT2D eigenvalue weighted by Gasteiger charge is 2.08. The van der Waals surface area contributed by atoms with Crippen molar-refractivity contribution < 1.29 is 4.79 Å². The summed E-state index contributed by atoms with van der Waals surface area (Å²) < 4.78 is 2.08. The Morgan fingerprint density at radius 2 is 2.04 bits per heavy atom. The van der Waals surface area contributed by atoms with E-state index in [1.807, 2.05) is 31.3 Å². The zero-order valence-corrected chi connectivity index (χ0v) is 17.1. The van der Waals surface area contributed by atoms with Gasteiger partial charge in [0.2, 0.25) is 0 Å². The van der Waals surface area contributed by atoms with Gasteiger partial charge < -0.3 is 20.1 Å². The number of carbonyl (C=O) groups excluding carboxylic acids is 1. The molecular formula is C17H25IN6O. The Balaban J connectivity index is 0.00000312. The van der Waals surface area contributed by atoms with Crippen molar-refractivity contribution in [3.8, 4) is 0 Å². The monoisotopic (exact) mass is 456 g/mol. The summed E-state index contributed by atoms with van der Waals surface area (Å²) in [6, 6.07) is 7.58. The molecule has 0 spiro atoms. The number of carbonyl (C=O) groups is 1. The highest BCUT2D eigenvalue weighted by atomic mass is 127. The topological polar surface area (TPSA) is 74.5 Å². The summed E-state index contributed by atoms with van der Waals surface area (Å²) in [5, 5.41) is 6.10. The van der Waals surface area contributed by atoms with Gasteiger partial charge in [-0.25, -0.2) is 0 Å². The van der Waals surface area contributed by atoms with Crippen LogP contribution in [0.25, 0.3) is 0 Å². The normalized spacial score (nSPS) is 10.8. The van der Waals surface area contributed by atoms with Crippen LogP contribution >= 0.6 is 24.0 Å². The number of nitrogens with one attached hydrogen (secondary N) is 2. The predicted octanol–water partition coefficient (Wildman–Crippen LogP) is 1.48. The molecule has 0 atom stereocenters. The first kappa shape index (κ1) is 20.9. The van der Waals surface area contributed by atoms with Crippen LogP contribution in [0.15, 0.2) is 47.8 Å². The molecule has 136 valence electrons. The van der Waals surface area contributed by atoms with Gasteiger partial charge in [-0.3, -0.25) is 14.8 Å². The van der Waals surface area contributed by atoms with Crippen molar-refractivity contribution in [2.24, 2.45) is 12.0 Å². The SMILES string of the molecule is CN=C(NCCNC(=O)c1cccnc1)N(C)Cc1cccn1C.I. The fourth-order valence-corrected chi connectivity index (χ4v) is 2.31. The Labute approximate surface area is 165 Å². The average molecular weight is 456 g/mol. The van der Waals surface area contributed by atoms with Crippen molar-refractivity contribution in [3.05, 3.63) is 54.1 Å². The second-order valence-corrected chi connectivity index (χ2v) is 5.44. The van der Waals surface area contributed by atoms with Crippen molar-refractivity contribution >= 4 is 35.8 Å². The lowest BCUT2D eigenvalue weighted by atomic mass is 10.3. The van der Waals surface area contributed by atoms with Crippen LogP contribution in [0.2, 0.25) is 0 Å². The maximum atomic E-state index is 11.9. The van der Waals surface area contributed by atoms with Gasteiger partial charge in [0, 0.05) is 58.5 Å². The highest BCUT2D eigenvalue weighted by molar-refractivity contribution is 14.0. The summed E-state index contributed by atoms with van der Waals surface area (Å²) in [5.74, 6) is 0.656. The molecule has 7 nitrogen and oxygen atoms in total. The molecule has 25 heavy (non-hydrogen) atoms. The second-order valence-electron chi connectivity index (χ2n) is 5.44. The number of rotatable bonds is 6. The number of aliphatic imine (C=N–C) groups is 1. The molecule has 0 saturated heterocycles. The first-order chi connectivity index (χ1) is 11.6. The number of guanidine groups is 1. The number of amides is 1. The molecule has 0 radical (unpaired) electrons. The van der Waals surface area contributed by atoms with Crippen molar-refractivity contribution in [1.29, 1.82) is 0 Å². The van der Waals surface area contributed by atoms with E-state index in [1.54, 1.807) is 31.6 Å². The van der Waals surface area contributed by atoms with Gasteiger partial charge in [-0.05, 0) is 24.3 Å². The molecule has 2 heterocycles. The van der Waals surface area contributed by atoms with Crippen LogP contribution in [0.1, 0.15) is 16.1 Å². The summed E-state index contributed by atoms with van der Waals surface area (Å²) in [5.41, 5.74) is 1.76. The van der Waals surface area contributed by atoms with Crippen molar-refractivity contribution in [2.75, 3.05) is 27.2 Å². The van der Waals surface area contributed by atoms with Gasteiger partial charge in [-0.1, -0.05) is 0 Å². The molecule has 0 unspecified atom stereocenters. The van der Waals surface area contributed by atoms with Crippen molar-refractivity contribution in [2.45, 2.75) is 6.54 Å². The third-order valence-electron chi connectivity index (χ3n) is 3.64. The van der Waals surface area contributed by atoms with E-state index in [0.717, 1.165) is 12.5 Å². The van der Waals surface area contributed by atoms with E-state index in [0.29, 0.717) is 18.7 Å². The molecule has 1 amide bonds. The van der Waals surface area contributed by atoms with Crippen LogP contribution in [-0.4, -0.2) is 53.5 Å². The van der Waals surface area contributed by atoms with E-state index in [4.69, 9.17) is 0 Å². The zero-order chi connectivity index (χ0) is 17.4. The quantitative estimate of drug-likeness (QED) is 0.299. The summed E-state index contributed by atoms with van der Waals surface area (Å²) in [6.45, 7) is 1.85. The van der Waals surface area contributed by atoms with Gasteiger partial charge in [0.25, 0.3) is 5.91 Å². The molecule has 0 aliphatic rings. The lowest BCUT2D eigenvalue weighted by Crippen LogP contribution is -2.42. The molecule has 0 aromatic carbocycles. The fraction of sp³-hybridized carbons (Fsp3) is 0.353. The largest absolute Gasteiger partial charge is 0.354 e. The number of aryl methyl sites for hydroxylation is 1. The van der Waals surface area contributed by atoms with Crippen molar-refractivity contribution in [1.82, 2.24) is 25.1 Å². The lowest BCUT2D eigenvalue weighted by Gasteiger charge is -2.22. The number of hydrogen-bond acceptors (Lipinski definition) is 3. The van der Waals surface area contributed by atoms with Gasteiger partial charge in [-0.2, -0.15) is 0 Å². The maximum Gasteiger partial charge on any atom is 0.252 e. The molecular weight excluding hydrogens is 431 g/mol. The van der Waals surface area contributed by atoms with Crippen LogP contribution in [-0.2, 0) is 13.6 Å². The molecule has 0 aliphatic heterocycles. The van der Waals surface area contributed by atoms with E-state index >= 15 is 0 Å². The minimum atomic E-state index is -0.128. The molecule has 0 saturated carbocycles. The molecule has 2 rings (SSSR count). The Hall–Kier alpha value is -2.10. The Morgan fingerprint density at radius 3 is 2.64 bits per heavy atom. The molecule has 2 aromatic rings. The standard InChI is InChI=1S/C17H24N6O.HI/c1-18-17(23(3)13-15-7-5-11-22(15)2)21-10-9-20-16(24)14-6-4-8-19-12-14;/h4-8,11-12H,9-10,13H2,1-3H3,(H,18,21)(H,20,24);1H. The van der Waals surface area contributed by atoms with E-state index in [1.165, 1.54) is 5.69 Å². The van der Waals surface area contributed by atoms with E-state index < -0.39 is 0 Å². The first-order valence-electron chi connectivity index (χ1n) is 7.82. The van der Waals surface area contributed by atoms with Gasteiger partial charge >= 0.3 is 0 Å². The van der Waals surface area contributed by atoms with E-state index in [-0.39, 0.29) is 29.9 Å². The number of nitrogens with zero attached hydrogens (tertiary/aromatic N) is 4. The van der Waals surface area contributed by atoms with E-state index in [9.17, 15) is 4.79 Å². The Morgan fingerprint density at radius 1 is 1.28 bits per heavy atom. The zero-order valence-electron chi connectivity index (χ0n) is 14.8. The van der Waals surface area contributed by atoms with Gasteiger partial charge in [-0.15, -0.1) is 24.0 Å². The highest BCUT2D eigenvalue weighted by Crippen LogP contribution is 2.03. The van der Waals surface area contributed by atoms with Crippen molar-refractivity contribution in [3.63, 3.8) is 0 Å². The van der Waals surface area contributed by atoms with Crippen LogP contribution in [0.4, 0.5) is 0 Å². The number of aromatic nitrogens is 2. The Bertz CT molecular complexity index is 685. The van der Waals surface area contributed by atoms with Crippen LogP contribution in [0.3, 0.4) is 0 Å². The number of pyridine rings is 1. The van der Waals surface area contributed by atoms with Crippen LogP contribution in [0.5, 0.6) is 0 Å². The lowest BCUT2D eigenvalue weighted by molar-refractivity contribution is 0.0954. The summed E-state index contributed by atoms with van der Waals surface area (Å²) >= 11 is 0. The Kier molecular flexibility index (Phi) is 8.96. The number of hydrogen-bond donors (Lipinski definition) is 2. The first-order valence-corrected chi connectivity index (χ1v) is 7.82. The van der Waals surface area contributed by atoms with Crippen LogP contribution in [0, 0.1) is 0 Å². The fourth-order valence-electron chi connectivity index (χ4n) is 2.31. The summed E-state index contributed by atoms with van der Waals surface area (Å²) in [4.78, 5) is 22.2. The predicted molar refractivity (Wildman–Crippen MR) is 110 cm³/mol. The van der Waals surface area contributed by atoms with E-state index in [2.05, 4.69) is 31.2 Å². The molecule has 8 heteroatoms. The maximum absolute atomic E-state index is 11.9. The smallest absolute Gasteiger partial charge is 0.252 e. The van der Waals surface area contributed by atoms with Gasteiger partial charge in [0.15, 0.2) is 5.96 Å². The molecule has 0 bridgehead atoms. The average Bonchev–Trinajstić information content (AvgIpc) is 3.00. The minimum Gasteiger partial charge on any atom is -0.354 e. The summed E-state index contributed by atoms with van der Waals surface area (Å²) in [6.07, 6.45) is 5.22. The second kappa shape index (κ2) is 10.7. The molecule has 0 aliphatic carbocycles. The van der Waals surface area contributed by atoms with Crippen LogP contribution < -0.4 is 10.6 Å².